The molecule has 0 aromatic heterocycles. The zero-order valence-corrected chi connectivity index (χ0v) is 16.5. The van der Waals surface area contributed by atoms with E-state index in [0.29, 0.717) is 25.2 Å². The van der Waals surface area contributed by atoms with Gasteiger partial charge >= 0.3 is 0 Å². The average molecular weight is 384 g/mol. The summed E-state index contributed by atoms with van der Waals surface area (Å²) in [6.45, 7) is 4.72. The van der Waals surface area contributed by atoms with Crippen molar-refractivity contribution in [3.05, 3.63) is 70.8 Å². The lowest BCUT2D eigenvalue weighted by atomic mass is 10.1. The van der Waals surface area contributed by atoms with Gasteiger partial charge < -0.3 is 0 Å². The van der Waals surface area contributed by atoms with E-state index >= 15 is 0 Å². The van der Waals surface area contributed by atoms with Gasteiger partial charge in [-0.05, 0) is 55.5 Å². The first-order valence-corrected chi connectivity index (χ1v) is 9.50. The Labute approximate surface area is 166 Å². The molecule has 0 aliphatic heterocycles. The number of hydrogen-bond donors (Lipinski definition) is 2. The molecule has 0 saturated carbocycles. The molecule has 2 rings (SSSR count). The number of carbonyl (C=O) groups excluding carboxylic acids is 2. The largest absolute Gasteiger partial charge is 0.274 e. The quantitative estimate of drug-likeness (QED) is 0.457. The molecular weight excluding hydrogens is 356 g/mol. The molecule has 0 atom stereocenters. The predicted molar refractivity (Wildman–Crippen MR) is 107 cm³/mol. The molecule has 0 radical (unpaired) electrons. The monoisotopic (exact) mass is 384 g/mol. The van der Waals surface area contributed by atoms with Crippen molar-refractivity contribution in [2.24, 2.45) is 0 Å². The van der Waals surface area contributed by atoms with Crippen LogP contribution in [0.4, 0.5) is 0 Å². The number of carbonyl (C=O) groups is 2. The lowest BCUT2D eigenvalue weighted by Gasteiger charge is -2.08. The molecule has 2 aromatic rings. The van der Waals surface area contributed by atoms with Gasteiger partial charge in [-0.15, -0.1) is 0 Å². The molecule has 150 valence electrons. The van der Waals surface area contributed by atoms with Gasteiger partial charge in [-0.3, -0.25) is 19.3 Å². The van der Waals surface area contributed by atoms with Gasteiger partial charge in [0.05, 0.1) is 13.2 Å². The Morgan fingerprint density at radius 1 is 0.857 bits per heavy atom. The second kappa shape index (κ2) is 11.9. The minimum Gasteiger partial charge on any atom is -0.273 e. The fourth-order valence-electron chi connectivity index (χ4n) is 2.52. The summed E-state index contributed by atoms with van der Waals surface area (Å²) in [5.74, 6) is -0.391. The Hall–Kier alpha value is -2.70. The highest BCUT2D eigenvalue weighted by Crippen LogP contribution is 2.09. The van der Waals surface area contributed by atoms with Crippen LogP contribution in [0.15, 0.2) is 48.5 Å². The lowest BCUT2D eigenvalue weighted by Crippen LogP contribution is -2.24. The van der Waals surface area contributed by atoms with Crippen LogP contribution in [-0.4, -0.2) is 18.4 Å². The van der Waals surface area contributed by atoms with Crippen molar-refractivity contribution in [2.75, 3.05) is 6.61 Å². The number of unbranched alkanes of at least 4 members (excludes halogenated alkanes) is 2. The van der Waals surface area contributed by atoms with Crippen LogP contribution >= 0.6 is 0 Å². The Kier molecular flexibility index (Phi) is 9.18. The second-order valence-corrected chi connectivity index (χ2v) is 6.69. The van der Waals surface area contributed by atoms with Crippen LogP contribution in [0.2, 0.25) is 0 Å². The summed E-state index contributed by atoms with van der Waals surface area (Å²) in [7, 11) is 0. The number of amides is 2. The molecule has 0 aliphatic carbocycles. The molecule has 0 fully saturated rings. The summed E-state index contributed by atoms with van der Waals surface area (Å²) in [4.78, 5) is 34.1. The SMILES string of the molecule is Cc1ccc(C(=O)NOCCCCCC(=O)NOCc2ccccc2)cc1C. The van der Waals surface area contributed by atoms with Gasteiger partial charge in [-0.25, -0.2) is 11.0 Å². The van der Waals surface area contributed by atoms with Gasteiger partial charge in [0.1, 0.15) is 0 Å². The maximum Gasteiger partial charge on any atom is 0.274 e. The highest BCUT2D eigenvalue weighted by molar-refractivity contribution is 5.93. The third-order valence-electron chi connectivity index (χ3n) is 4.35. The van der Waals surface area contributed by atoms with Crippen molar-refractivity contribution in [1.29, 1.82) is 0 Å². The van der Waals surface area contributed by atoms with Gasteiger partial charge in [0.15, 0.2) is 0 Å². The van der Waals surface area contributed by atoms with Gasteiger partial charge in [-0.1, -0.05) is 42.8 Å². The highest BCUT2D eigenvalue weighted by atomic mass is 16.7. The van der Waals surface area contributed by atoms with Crippen LogP contribution in [0, 0.1) is 13.8 Å². The smallest absolute Gasteiger partial charge is 0.273 e. The zero-order valence-electron chi connectivity index (χ0n) is 16.5. The van der Waals surface area contributed by atoms with E-state index in [2.05, 4.69) is 11.0 Å². The van der Waals surface area contributed by atoms with Crippen molar-refractivity contribution in [3.8, 4) is 0 Å². The van der Waals surface area contributed by atoms with E-state index in [9.17, 15) is 9.59 Å². The van der Waals surface area contributed by atoms with Crippen molar-refractivity contribution < 1.29 is 19.3 Å². The van der Waals surface area contributed by atoms with Crippen LogP contribution in [0.5, 0.6) is 0 Å². The van der Waals surface area contributed by atoms with E-state index in [1.807, 2.05) is 56.3 Å². The maximum absolute atomic E-state index is 12.0. The molecule has 0 aliphatic rings. The van der Waals surface area contributed by atoms with E-state index in [0.717, 1.165) is 36.0 Å². The van der Waals surface area contributed by atoms with Gasteiger partial charge in [0.2, 0.25) is 5.91 Å². The number of nitrogens with one attached hydrogen (secondary N) is 2. The van der Waals surface area contributed by atoms with Crippen molar-refractivity contribution in [1.82, 2.24) is 11.0 Å². The molecule has 0 bridgehead atoms. The van der Waals surface area contributed by atoms with Crippen LogP contribution < -0.4 is 11.0 Å². The van der Waals surface area contributed by atoms with Crippen LogP contribution in [0.3, 0.4) is 0 Å². The minimum atomic E-state index is -0.252. The topological polar surface area (TPSA) is 76.7 Å². The van der Waals surface area contributed by atoms with Crippen LogP contribution in [-0.2, 0) is 21.1 Å². The Balaban J connectivity index is 1.48. The summed E-state index contributed by atoms with van der Waals surface area (Å²) >= 11 is 0. The third kappa shape index (κ3) is 7.90. The fraction of sp³-hybridized carbons (Fsp3) is 0.364. The number of hydrogen-bond acceptors (Lipinski definition) is 4. The summed E-state index contributed by atoms with van der Waals surface area (Å²) < 4.78 is 0. The average Bonchev–Trinajstić information content (AvgIpc) is 2.70. The fourth-order valence-corrected chi connectivity index (χ4v) is 2.52. The standard InChI is InChI=1S/C22H28N2O4/c1-17-12-13-20(15-18(17)2)22(26)24-27-14-8-4-7-11-21(25)23-28-16-19-9-5-3-6-10-19/h3,5-6,9-10,12-13,15H,4,7-8,11,14,16H2,1-2H3,(H,23,25)(H,24,26). The van der Waals surface area contributed by atoms with Gasteiger partial charge in [0.25, 0.3) is 5.91 Å². The molecular formula is C22H28N2O4. The minimum absolute atomic E-state index is 0.139. The summed E-state index contributed by atoms with van der Waals surface area (Å²) in [5.41, 5.74) is 8.69. The number of benzene rings is 2. The van der Waals surface area contributed by atoms with Crippen LogP contribution in [0.1, 0.15) is 52.7 Å². The van der Waals surface area contributed by atoms with E-state index in [4.69, 9.17) is 9.68 Å². The van der Waals surface area contributed by atoms with E-state index in [1.54, 1.807) is 6.07 Å². The summed E-state index contributed by atoms with van der Waals surface area (Å²) in [6.07, 6.45) is 2.70. The highest BCUT2D eigenvalue weighted by Gasteiger charge is 2.06. The van der Waals surface area contributed by atoms with Crippen molar-refractivity contribution in [2.45, 2.75) is 46.1 Å². The predicted octanol–water partition coefficient (Wildman–Crippen LogP) is 3.77. The van der Waals surface area contributed by atoms with Gasteiger partial charge in [0, 0.05) is 12.0 Å². The summed E-state index contributed by atoms with van der Waals surface area (Å²) in [5, 5.41) is 0. The number of hydroxylamine groups is 2. The maximum atomic E-state index is 12.0. The van der Waals surface area contributed by atoms with Crippen LogP contribution in [0.25, 0.3) is 0 Å². The molecule has 6 nitrogen and oxygen atoms in total. The molecule has 6 heteroatoms. The normalized spacial score (nSPS) is 10.5. The molecule has 2 N–H and O–H groups in total. The molecule has 0 spiro atoms. The lowest BCUT2D eigenvalue weighted by molar-refractivity contribution is -0.134. The Morgan fingerprint density at radius 2 is 1.64 bits per heavy atom. The molecule has 2 amide bonds. The molecule has 0 unspecified atom stereocenters. The molecule has 0 saturated heterocycles. The molecule has 0 heterocycles. The Morgan fingerprint density at radius 3 is 2.39 bits per heavy atom. The zero-order chi connectivity index (χ0) is 20.2. The van der Waals surface area contributed by atoms with E-state index in [1.165, 1.54) is 0 Å². The van der Waals surface area contributed by atoms with E-state index < -0.39 is 0 Å². The number of rotatable bonds is 11. The first-order chi connectivity index (χ1) is 13.6. The first-order valence-electron chi connectivity index (χ1n) is 9.50. The Bertz CT molecular complexity index is 762. The third-order valence-corrected chi connectivity index (χ3v) is 4.35. The molecule has 2 aromatic carbocycles. The van der Waals surface area contributed by atoms with Gasteiger partial charge in [-0.2, -0.15) is 0 Å². The second-order valence-electron chi connectivity index (χ2n) is 6.69. The molecule has 28 heavy (non-hydrogen) atoms. The van der Waals surface area contributed by atoms with Crippen molar-refractivity contribution in [3.63, 3.8) is 0 Å². The summed E-state index contributed by atoms with van der Waals surface area (Å²) in [6, 6.07) is 15.2. The first kappa shape index (κ1) is 21.6. The number of aryl methyl sites for hydroxylation is 2. The van der Waals surface area contributed by atoms with E-state index in [-0.39, 0.29) is 11.8 Å². The van der Waals surface area contributed by atoms with Crippen molar-refractivity contribution >= 4 is 11.8 Å².